The van der Waals surface area contributed by atoms with Crippen molar-refractivity contribution < 1.29 is 9.53 Å². The molecule has 0 radical (unpaired) electrons. The van der Waals surface area contributed by atoms with Crippen LogP contribution in [-0.4, -0.2) is 31.7 Å². The van der Waals surface area contributed by atoms with Gasteiger partial charge in [0.1, 0.15) is 0 Å². The van der Waals surface area contributed by atoms with E-state index >= 15 is 0 Å². The Kier molecular flexibility index (Phi) is 5.15. The van der Waals surface area contributed by atoms with Crippen LogP contribution >= 0.6 is 0 Å². The fourth-order valence-electron chi connectivity index (χ4n) is 2.60. The van der Waals surface area contributed by atoms with Crippen molar-refractivity contribution >= 4 is 11.6 Å². The molecule has 2 rings (SSSR count). The van der Waals surface area contributed by atoms with E-state index in [0.29, 0.717) is 19.7 Å². The number of nitrogens with two attached hydrogens (primary N) is 1. The van der Waals surface area contributed by atoms with E-state index in [2.05, 4.69) is 0 Å². The van der Waals surface area contributed by atoms with E-state index in [9.17, 15) is 4.79 Å². The van der Waals surface area contributed by atoms with Crippen molar-refractivity contribution in [3.63, 3.8) is 0 Å². The third kappa shape index (κ3) is 3.38. The molecule has 20 heavy (non-hydrogen) atoms. The maximum atomic E-state index is 12.8. The molecule has 2 N–H and O–H groups in total. The molecule has 2 atom stereocenters. The Balaban J connectivity index is 2.18. The number of carbonyl (C=O) groups excluding carboxylic acids is 1. The van der Waals surface area contributed by atoms with Crippen LogP contribution in [0.1, 0.15) is 25.3 Å². The lowest BCUT2D eigenvalue weighted by Crippen LogP contribution is -2.40. The van der Waals surface area contributed by atoms with Crippen molar-refractivity contribution in [2.75, 3.05) is 24.6 Å². The van der Waals surface area contributed by atoms with Crippen molar-refractivity contribution in [2.24, 2.45) is 11.7 Å². The normalized spacial score (nSPS) is 21.9. The van der Waals surface area contributed by atoms with Gasteiger partial charge in [-0.1, -0.05) is 17.7 Å². The van der Waals surface area contributed by atoms with Crippen LogP contribution in [0.25, 0.3) is 0 Å². The number of nitrogens with zero attached hydrogens (tertiary/aromatic N) is 1. The molecule has 1 saturated heterocycles. The van der Waals surface area contributed by atoms with Gasteiger partial charge < -0.3 is 15.4 Å². The summed E-state index contributed by atoms with van der Waals surface area (Å²) in [7, 11) is 0. The second kappa shape index (κ2) is 6.86. The molecule has 0 aliphatic carbocycles. The molecule has 1 amide bonds. The molecule has 0 bridgehead atoms. The molecule has 1 aliphatic rings. The Morgan fingerprint density at radius 3 is 2.65 bits per heavy atom. The van der Waals surface area contributed by atoms with Crippen LogP contribution < -0.4 is 10.6 Å². The van der Waals surface area contributed by atoms with Gasteiger partial charge in [0, 0.05) is 18.8 Å². The lowest BCUT2D eigenvalue weighted by atomic mass is 10.0. The number of ether oxygens (including phenoxy) is 1. The molecule has 0 saturated carbocycles. The Morgan fingerprint density at radius 1 is 1.40 bits per heavy atom. The summed E-state index contributed by atoms with van der Waals surface area (Å²) in [5.41, 5.74) is 7.74. The minimum absolute atomic E-state index is 0.00771. The molecule has 0 spiro atoms. The van der Waals surface area contributed by atoms with Crippen molar-refractivity contribution in [1.29, 1.82) is 0 Å². The largest absolute Gasteiger partial charge is 0.378 e. The Bertz CT molecular complexity index is 444. The number of hydrogen-bond acceptors (Lipinski definition) is 3. The summed E-state index contributed by atoms with van der Waals surface area (Å²) in [5.74, 6) is 0.126. The lowest BCUT2D eigenvalue weighted by Gasteiger charge is -2.27. The van der Waals surface area contributed by atoms with Crippen molar-refractivity contribution in [3.05, 3.63) is 29.8 Å². The summed E-state index contributed by atoms with van der Waals surface area (Å²) in [5, 5.41) is 0. The van der Waals surface area contributed by atoms with Crippen molar-refractivity contribution in [1.82, 2.24) is 0 Å². The van der Waals surface area contributed by atoms with E-state index < -0.39 is 0 Å². The summed E-state index contributed by atoms with van der Waals surface area (Å²) >= 11 is 0. The van der Waals surface area contributed by atoms with Gasteiger partial charge in [-0.3, -0.25) is 4.79 Å². The Hall–Kier alpha value is -1.39. The second-order valence-electron chi connectivity index (χ2n) is 5.44. The Labute approximate surface area is 120 Å². The van der Waals surface area contributed by atoms with Crippen molar-refractivity contribution in [2.45, 2.75) is 32.8 Å². The topological polar surface area (TPSA) is 55.6 Å². The van der Waals surface area contributed by atoms with Gasteiger partial charge >= 0.3 is 0 Å². The first-order valence-electron chi connectivity index (χ1n) is 7.33. The second-order valence-corrected chi connectivity index (χ2v) is 5.44. The van der Waals surface area contributed by atoms with Crippen LogP contribution in [0.4, 0.5) is 5.69 Å². The molecular weight excluding hydrogens is 252 g/mol. The monoisotopic (exact) mass is 276 g/mol. The molecule has 4 heteroatoms. The number of carbonyl (C=O) groups is 1. The molecule has 4 nitrogen and oxygen atoms in total. The number of hydrogen-bond donors (Lipinski definition) is 1. The minimum atomic E-state index is -0.0333. The number of aryl methyl sites for hydroxylation is 1. The van der Waals surface area contributed by atoms with E-state index in [1.807, 2.05) is 43.0 Å². The SMILES string of the molecule is Cc1ccc(N(CCCN)C(=O)C2CCOC2C)cc1. The highest BCUT2D eigenvalue weighted by molar-refractivity contribution is 5.95. The lowest BCUT2D eigenvalue weighted by molar-refractivity contribution is -0.123. The van der Waals surface area contributed by atoms with Gasteiger partial charge in [-0.25, -0.2) is 0 Å². The molecule has 1 fully saturated rings. The van der Waals surface area contributed by atoms with Gasteiger partial charge in [-0.05, 0) is 45.4 Å². The van der Waals surface area contributed by atoms with Gasteiger partial charge in [0.15, 0.2) is 0 Å². The van der Waals surface area contributed by atoms with Crippen LogP contribution in [-0.2, 0) is 9.53 Å². The standard InChI is InChI=1S/C16H24N2O2/c1-12-4-6-14(7-5-12)18(10-3-9-17)16(19)15-8-11-20-13(15)2/h4-7,13,15H,3,8-11,17H2,1-2H3. The fourth-order valence-corrected chi connectivity index (χ4v) is 2.60. The predicted molar refractivity (Wildman–Crippen MR) is 80.7 cm³/mol. The smallest absolute Gasteiger partial charge is 0.232 e. The number of amides is 1. The summed E-state index contributed by atoms with van der Waals surface area (Å²) in [6.07, 6.45) is 1.63. The fraction of sp³-hybridized carbons (Fsp3) is 0.562. The van der Waals surface area contributed by atoms with Crippen molar-refractivity contribution in [3.8, 4) is 0 Å². The van der Waals surface area contributed by atoms with Crippen LogP contribution in [0.5, 0.6) is 0 Å². The van der Waals surface area contributed by atoms with Gasteiger partial charge in [0.05, 0.1) is 12.0 Å². The van der Waals surface area contributed by atoms with Gasteiger partial charge in [-0.2, -0.15) is 0 Å². The summed E-state index contributed by atoms with van der Waals surface area (Å²) in [4.78, 5) is 14.6. The summed E-state index contributed by atoms with van der Waals surface area (Å²) < 4.78 is 5.52. The average molecular weight is 276 g/mol. The van der Waals surface area contributed by atoms with E-state index in [1.165, 1.54) is 5.56 Å². The third-order valence-electron chi connectivity index (χ3n) is 3.89. The quantitative estimate of drug-likeness (QED) is 0.896. The van der Waals surface area contributed by atoms with E-state index in [0.717, 1.165) is 18.5 Å². The average Bonchev–Trinajstić information content (AvgIpc) is 2.87. The predicted octanol–water partition coefficient (Wildman–Crippen LogP) is 2.10. The molecule has 2 unspecified atom stereocenters. The van der Waals surface area contributed by atoms with Gasteiger partial charge in [0.2, 0.25) is 5.91 Å². The number of benzene rings is 1. The molecule has 110 valence electrons. The van der Waals surface area contributed by atoms with Crippen LogP contribution in [0.3, 0.4) is 0 Å². The van der Waals surface area contributed by atoms with E-state index in [4.69, 9.17) is 10.5 Å². The highest BCUT2D eigenvalue weighted by Gasteiger charge is 2.34. The first-order valence-corrected chi connectivity index (χ1v) is 7.33. The maximum absolute atomic E-state index is 12.8. The Morgan fingerprint density at radius 2 is 2.10 bits per heavy atom. The van der Waals surface area contributed by atoms with Gasteiger partial charge in [0.25, 0.3) is 0 Å². The zero-order valence-electron chi connectivity index (χ0n) is 12.3. The zero-order valence-corrected chi connectivity index (χ0v) is 12.3. The minimum Gasteiger partial charge on any atom is -0.378 e. The number of anilines is 1. The van der Waals surface area contributed by atoms with Crippen LogP contribution in [0, 0.1) is 12.8 Å². The van der Waals surface area contributed by atoms with Crippen LogP contribution in [0.2, 0.25) is 0 Å². The number of rotatable bonds is 5. The summed E-state index contributed by atoms with van der Waals surface area (Å²) in [6.45, 7) is 5.96. The molecule has 1 aliphatic heterocycles. The maximum Gasteiger partial charge on any atom is 0.232 e. The van der Waals surface area contributed by atoms with E-state index in [-0.39, 0.29) is 17.9 Å². The highest BCUT2D eigenvalue weighted by atomic mass is 16.5. The molecule has 1 aromatic rings. The molecule has 1 heterocycles. The van der Waals surface area contributed by atoms with E-state index in [1.54, 1.807) is 0 Å². The zero-order chi connectivity index (χ0) is 14.5. The molecule has 1 aromatic carbocycles. The third-order valence-corrected chi connectivity index (χ3v) is 3.89. The molecule has 0 aromatic heterocycles. The summed E-state index contributed by atoms with van der Waals surface area (Å²) in [6, 6.07) is 8.08. The first kappa shape index (κ1) is 15.0. The van der Waals surface area contributed by atoms with Gasteiger partial charge in [-0.15, -0.1) is 0 Å². The highest BCUT2D eigenvalue weighted by Crippen LogP contribution is 2.26. The first-order chi connectivity index (χ1) is 9.63. The molecular formula is C16H24N2O2. The van der Waals surface area contributed by atoms with Crippen LogP contribution in [0.15, 0.2) is 24.3 Å².